The van der Waals surface area contributed by atoms with Crippen LogP contribution in [-0.4, -0.2) is 42.3 Å². The van der Waals surface area contributed by atoms with E-state index >= 15 is 0 Å². The predicted molar refractivity (Wildman–Crippen MR) is 73.3 cm³/mol. The van der Waals surface area contributed by atoms with Gasteiger partial charge in [0, 0.05) is 19.7 Å². The number of halogens is 1. The molecule has 1 aromatic carbocycles. The predicted octanol–water partition coefficient (Wildman–Crippen LogP) is 2.52. The van der Waals surface area contributed by atoms with Crippen LogP contribution in [-0.2, 0) is 11.3 Å². The van der Waals surface area contributed by atoms with Gasteiger partial charge in [0.15, 0.2) is 0 Å². The van der Waals surface area contributed by atoms with Crippen LogP contribution in [0.5, 0.6) is 0 Å². The first-order valence-corrected chi connectivity index (χ1v) is 6.88. The van der Waals surface area contributed by atoms with Gasteiger partial charge < -0.3 is 9.84 Å². The Morgan fingerprint density at radius 2 is 2.30 bits per heavy atom. The van der Waals surface area contributed by atoms with E-state index in [9.17, 15) is 9.18 Å². The van der Waals surface area contributed by atoms with Gasteiger partial charge in [0.25, 0.3) is 0 Å². The molecule has 0 aromatic heterocycles. The van der Waals surface area contributed by atoms with Gasteiger partial charge in [-0.15, -0.1) is 0 Å². The van der Waals surface area contributed by atoms with E-state index < -0.39 is 11.8 Å². The first-order valence-electron chi connectivity index (χ1n) is 6.88. The van der Waals surface area contributed by atoms with E-state index in [1.54, 1.807) is 0 Å². The second-order valence-electron chi connectivity index (χ2n) is 5.29. The quantitative estimate of drug-likeness (QED) is 0.901. The summed E-state index contributed by atoms with van der Waals surface area (Å²) in [6, 6.07) is 3.79. The molecule has 1 aliphatic heterocycles. The van der Waals surface area contributed by atoms with Crippen LogP contribution in [0.1, 0.15) is 35.2 Å². The molecule has 1 heterocycles. The summed E-state index contributed by atoms with van der Waals surface area (Å²) in [5, 5.41) is 9.13. The Hall–Kier alpha value is -1.46. The molecule has 2 rings (SSSR count). The lowest BCUT2D eigenvalue weighted by molar-refractivity contribution is -0.00262. The first kappa shape index (κ1) is 14.9. The third-order valence-electron chi connectivity index (χ3n) is 3.53. The summed E-state index contributed by atoms with van der Waals surface area (Å²) >= 11 is 0. The van der Waals surface area contributed by atoms with Crippen molar-refractivity contribution in [1.82, 2.24) is 4.90 Å². The average molecular weight is 281 g/mol. The Labute approximate surface area is 118 Å². The molecular weight excluding hydrogens is 261 g/mol. The van der Waals surface area contributed by atoms with Gasteiger partial charge >= 0.3 is 5.97 Å². The Bertz CT molecular complexity index is 472. The highest BCUT2D eigenvalue weighted by Gasteiger charge is 2.18. The summed E-state index contributed by atoms with van der Waals surface area (Å²) in [7, 11) is 1.90. The highest BCUT2D eigenvalue weighted by Crippen LogP contribution is 2.17. The normalized spacial score (nSPS) is 19.2. The van der Waals surface area contributed by atoms with E-state index in [0.29, 0.717) is 12.1 Å². The number of nitrogens with zero attached hydrogens (tertiary/aromatic N) is 1. The molecule has 0 radical (unpaired) electrons. The van der Waals surface area contributed by atoms with Gasteiger partial charge in [0.05, 0.1) is 11.7 Å². The second kappa shape index (κ2) is 6.81. The molecule has 0 aliphatic carbocycles. The number of carboxylic acids is 1. The molecule has 4 nitrogen and oxygen atoms in total. The minimum Gasteiger partial charge on any atom is -0.478 e. The molecule has 0 amide bonds. The van der Waals surface area contributed by atoms with E-state index in [2.05, 4.69) is 0 Å². The number of hydrogen-bond donors (Lipinski definition) is 1. The molecule has 1 aromatic rings. The van der Waals surface area contributed by atoms with Crippen LogP contribution in [0.15, 0.2) is 18.2 Å². The standard InChI is InChI=1S/C15H20FNO3/c1-17(10-13-4-2-3-7-20-13)9-11-8-12(16)5-6-14(11)15(18)19/h5-6,8,13H,2-4,7,9-10H2,1H3,(H,18,19). The molecule has 20 heavy (non-hydrogen) atoms. The van der Waals surface area contributed by atoms with Gasteiger partial charge in [-0.2, -0.15) is 0 Å². The van der Waals surface area contributed by atoms with Crippen molar-refractivity contribution in [1.29, 1.82) is 0 Å². The molecule has 1 saturated heterocycles. The highest BCUT2D eigenvalue weighted by molar-refractivity contribution is 5.89. The second-order valence-corrected chi connectivity index (χ2v) is 5.29. The third-order valence-corrected chi connectivity index (χ3v) is 3.53. The van der Waals surface area contributed by atoms with Crippen molar-refractivity contribution in [3.05, 3.63) is 35.1 Å². The zero-order valence-corrected chi connectivity index (χ0v) is 11.6. The average Bonchev–Trinajstić information content (AvgIpc) is 2.39. The number of carboxylic acid groups (broad SMARTS) is 1. The van der Waals surface area contributed by atoms with Crippen LogP contribution in [0.4, 0.5) is 4.39 Å². The van der Waals surface area contributed by atoms with E-state index in [-0.39, 0.29) is 11.7 Å². The minimum absolute atomic E-state index is 0.155. The fourth-order valence-corrected chi connectivity index (χ4v) is 2.56. The van der Waals surface area contributed by atoms with Crippen molar-refractivity contribution in [3.8, 4) is 0 Å². The van der Waals surface area contributed by atoms with Crippen molar-refractivity contribution >= 4 is 5.97 Å². The van der Waals surface area contributed by atoms with Gasteiger partial charge in [-0.1, -0.05) is 0 Å². The molecular formula is C15H20FNO3. The van der Waals surface area contributed by atoms with Gasteiger partial charge in [0.1, 0.15) is 5.82 Å². The van der Waals surface area contributed by atoms with Gasteiger partial charge in [-0.05, 0) is 50.1 Å². The Kier molecular flexibility index (Phi) is 5.09. The van der Waals surface area contributed by atoms with Crippen LogP contribution >= 0.6 is 0 Å². The van der Waals surface area contributed by atoms with Crippen LogP contribution in [0.3, 0.4) is 0 Å². The fraction of sp³-hybridized carbons (Fsp3) is 0.533. The number of likely N-dealkylation sites (N-methyl/N-ethyl adjacent to an activating group) is 1. The summed E-state index contributed by atoms with van der Waals surface area (Å²) < 4.78 is 18.9. The number of carbonyl (C=O) groups is 1. The SMILES string of the molecule is CN(Cc1cc(F)ccc1C(=O)O)CC1CCCCO1. The summed E-state index contributed by atoms with van der Waals surface area (Å²) in [6.07, 6.45) is 3.49. The molecule has 1 N–H and O–H groups in total. The molecule has 0 saturated carbocycles. The van der Waals surface area contributed by atoms with Crippen molar-refractivity contribution in [2.45, 2.75) is 31.9 Å². The maximum Gasteiger partial charge on any atom is 0.336 e. The molecule has 1 unspecified atom stereocenters. The summed E-state index contributed by atoms with van der Waals surface area (Å²) in [5.74, 6) is -1.44. The first-order chi connectivity index (χ1) is 9.56. The Morgan fingerprint density at radius 3 is 2.95 bits per heavy atom. The van der Waals surface area contributed by atoms with Crippen LogP contribution < -0.4 is 0 Å². The molecule has 0 spiro atoms. The smallest absolute Gasteiger partial charge is 0.336 e. The van der Waals surface area contributed by atoms with Gasteiger partial charge in [0.2, 0.25) is 0 Å². The lowest BCUT2D eigenvalue weighted by Crippen LogP contribution is -2.33. The molecule has 1 aliphatic rings. The number of ether oxygens (including phenoxy) is 1. The monoisotopic (exact) mass is 281 g/mol. The Morgan fingerprint density at radius 1 is 1.50 bits per heavy atom. The van der Waals surface area contributed by atoms with E-state index in [1.165, 1.54) is 24.6 Å². The largest absolute Gasteiger partial charge is 0.478 e. The topological polar surface area (TPSA) is 49.8 Å². The van der Waals surface area contributed by atoms with Gasteiger partial charge in [-0.3, -0.25) is 4.90 Å². The Balaban J connectivity index is 2.00. The zero-order chi connectivity index (χ0) is 14.5. The number of rotatable bonds is 5. The number of benzene rings is 1. The molecule has 1 atom stereocenters. The van der Waals surface area contributed by atoms with E-state index in [1.807, 2.05) is 11.9 Å². The van der Waals surface area contributed by atoms with Crippen molar-refractivity contribution < 1.29 is 19.0 Å². The molecule has 0 bridgehead atoms. The minimum atomic E-state index is -1.03. The summed E-state index contributed by atoms with van der Waals surface area (Å²) in [4.78, 5) is 13.1. The van der Waals surface area contributed by atoms with Crippen molar-refractivity contribution in [2.24, 2.45) is 0 Å². The fourth-order valence-electron chi connectivity index (χ4n) is 2.56. The van der Waals surface area contributed by atoms with E-state index in [0.717, 1.165) is 26.0 Å². The van der Waals surface area contributed by atoms with Crippen molar-refractivity contribution in [2.75, 3.05) is 20.2 Å². The maximum absolute atomic E-state index is 13.3. The summed E-state index contributed by atoms with van der Waals surface area (Å²) in [6.45, 7) is 1.92. The van der Waals surface area contributed by atoms with Crippen LogP contribution in [0.25, 0.3) is 0 Å². The lowest BCUT2D eigenvalue weighted by Gasteiger charge is -2.27. The molecule has 1 fully saturated rings. The van der Waals surface area contributed by atoms with Gasteiger partial charge in [-0.25, -0.2) is 9.18 Å². The lowest BCUT2D eigenvalue weighted by atomic mass is 10.1. The van der Waals surface area contributed by atoms with Crippen LogP contribution in [0, 0.1) is 5.82 Å². The number of hydrogen-bond acceptors (Lipinski definition) is 3. The highest BCUT2D eigenvalue weighted by atomic mass is 19.1. The molecule has 5 heteroatoms. The van der Waals surface area contributed by atoms with E-state index in [4.69, 9.17) is 9.84 Å². The van der Waals surface area contributed by atoms with Crippen molar-refractivity contribution in [3.63, 3.8) is 0 Å². The number of aromatic carboxylic acids is 1. The van der Waals surface area contributed by atoms with Crippen LogP contribution in [0.2, 0.25) is 0 Å². The summed E-state index contributed by atoms with van der Waals surface area (Å²) in [5.41, 5.74) is 0.652. The maximum atomic E-state index is 13.3. The third kappa shape index (κ3) is 4.02. The zero-order valence-electron chi connectivity index (χ0n) is 11.6. The molecule has 110 valence electrons.